The highest BCUT2D eigenvalue weighted by atomic mass is 16.5. The molecule has 1 atom stereocenters. The molecule has 0 aliphatic rings. The second-order valence-electron chi connectivity index (χ2n) is 2.38. The van der Waals surface area contributed by atoms with E-state index in [4.69, 9.17) is 4.74 Å². The largest absolute Gasteiger partial charge is 0.374 e. The molecule has 2 nitrogen and oxygen atoms in total. The van der Waals surface area contributed by atoms with Crippen molar-refractivity contribution in [1.82, 2.24) is 4.98 Å². The van der Waals surface area contributed by atoms with Crippen LogP contribution in [0.25, 0.3) is 0 Å². The summed E-state index contributed by atoms with van der Waals surface area (Å²) < 4.78 is 5.39. The van der Waals surface area contributed by atoms with Gasteiger partial charge in [0.1, 0.15) is 0 Å². The fourth-order valence-corrected chi connectivity index (χ4v) is 0.963. The Labute approximate surface area is 67.2 Å². The SMILES string of the molecule is CCO[C@H](C)c1cccnc1. The molecule has 1 rings (SSSR count). The van der Waals surface area contributed by atoms with Crippen LogP contribution in [0.15, 0.2) is 24.5 Å². The molecule has 0 bridgehead atoms. The predicted octanol–water partition coefficient (Wildman–Crippen LogP) is 2.18. The number of hydrogen-bond donors (Lipinski definition) is 0. The molecule has 2 heteroatoms. The van der Waals surface area contributed by atoms with Crippen molar-refractivity contribution in [3.8, 4) is 0 Å². The van der Waals surface area contributed by atoms with Crippen molar-refractivity contribution >= 4 is 0 Å². The van der Waals surface area contributed by atoms with Crippen molar-refractivity contribution in [1.29, 1.82) is 0 Å². The summed E-state index contributed by atoms with van der Waals surface area (Å²) in [5.41, 5.74) is 1.13. The second-order valence-corrected chi connectivity index (χ2v) is 2.38. The van der Waals surface area contributed by atoms with Gasteiger partial charge < -0.3 is 4.74 Å². The molecule has 1 aromatic heterocycles. The lowest BCUT2D eigenvalue weighted by atomic mass is 10.2. The summed E-state index contributed by atoms with van der Waals surface area (Å²) in [5, 5.41) is 0. The minimum atomic E-state index is 0.161. The van der Waals surface area contributed by atoms with Crippen LogP contribution < -0.4 is 0 Å². The van der Waals surface area contributed by atoms with Gasteiger partial charge in [-0.2, -0.15) is 0 Å². The van der Waals surface area contributed by atoms with Crippen molar-refractivity contribution < 1.29 is 4.74 Å². The highest BCUT2D eigenvalue weighted by molar-refractivity contribution is 5.10. The van der Waals surface area contributed by atoms with E-state index in [1.54, 1.807) is 6.20 Å². The zero-order chi connectivity index (χ0) is 8.10. The van der Waals surface area contributed by atoms with Crippen molar-refractivity contribution in [2.75, 3.05) is 6.61 Å². The fraction of sp³-hybridized carbons (Fsp3) is 0.444. The van der Waals surface area contributed by atoms with Crippen molar-refractivity contribution in [3.05, 3.63) is 30.1 Å². The summed E-state index contributed by atoms with van der Waals surface area (Å²) in [6.45, 7) is 4.77. The molecule has 0 aliphatic carbocycles. The Balaban J connectivity index is 2.61. The fourth-order valence-electron chi connectivity index (χ4n) is 0.963. The molecule has 0 aromatic carbocycles. The Morgan fingerprint density at radius 1 is 1.64 bits per heavy atom. The van der Waals surface area contributed by atoms with Crippen LogP contribution in [0.3, 0.4) is 0 Å². The molecule has 0 unspecified atom stereocenters. The number of nitrogens with zero attached hydrogens (tertiary/aromatic N) is 1. The van der Waals surface area contributed by atoms with Gasteiger partial charge in [0.05, 0.1) is 6.10 Å². The summed E-state index contributed by atoms with van der Waals surface area (Å²) in [7, 11) is 0. The Morgan fingerprint density at radius 3 is 3.00 bits per heavy atom. The van der Waals surface area contributed by atoms with Crippen LogP contribution >= 0.6 is 0 Å². The molecule has 0 aliphatic heterocycles. The smallest absolute Gasteiger partial charge is 0.0811 e. The quantitative estimate of drug-likeness (QED) is 0.660. The minimum absolute atomic E-state index is 0.161. The van der Waals surface area contributed by atoms with Gasteiger partial charge in [-0.25, -0.2) is 0 Å². The Bertz CT molecular complexity index is 198. The minimum Gasteiger partial charge on any atom is -0.374 e. The first-order valence-corrected chi connectivity index (χ1v) is 3.86. The molecule has 0 amide bonds. The highest BCUT2D eigenvalue weighted by Gasteiger charge is 2.02. The van der Waals surface area contributed by atoms with Gasteiger partial charge in [0.15, 0.2) is 0 Å². The molecule has 0 saturated carbocycles. The third-order valence-corrected chi connectivity index (χ3v) is 1.57. The number of rotatable bonds is 3. The Kier molecular flexibility index (Phi) is 3.05. The molecule has 0 fully saturated rings. The van der Waals surface area contributed by atoms with E-state index in [0.29, 0.717) is 0 Å². The van der Waals surface area contributed by atoms with E-state index >= 15 is 0 Å². The lowest BCUT2D eigenvalue weighted by Gasteiger charge is -2.10. The van der Waals surface area contributed by atoms with Gasteiger partial charge in [-0.3, -0.25) is 4.98 Å². The first kappa shape index (κ1) is 8.21. The van der Waals surface area contributed by atoms with Crippen molar-refractivity contribution in [3.63, 3.8) is 0 Å². The monoisotopic (exact) mass is 151 g/mol. The molecule has 0 spiro atoms. The van der Waals surface area contributed by atoms with Crippen molar-refractivity contribution in [2.45, 2.75) is 20.0 Å². The zero-order valence-corrected chi connectivity index (χ0v) is 6.95. The summed E-state index contributed by atoms with van der Waals surface area (Å²) >= 11 is 0. The molecule has 0 N–H and O–H groups in total. The van der Waals surface area contributed by atoms with Gasteiger partial charge in [0.2, 0.25) is 0 Å². The predicted molar refractivity (Wildman–Crippen MR) is 44.3 cm³/mol. The van der Waals surface area contributed by atoms with E-state index in [1.165, 1.54) is 0 Å². The van der Waals surface area contributed by atoms with E-state index in [0.717, 1.165) is 12.2 Å². The number of ether oxygens (including phenoxy) is 1. The molecular formula is C9H13NO. The Hall–Kier alpha value is -0.890. The zero-order valence-electron chi connectivity index (χ0n) is 6.95. The van der Waals surface area contributed by atoms with Crippen LogP contribution in [0.5, 0.6) is 0 Å². The summed E-state index contributed by atoms with van der Waals surface area (Å²) in [4.78, 5) is 4.01. The Morgan fingerprint density at radius 2 is 2.45 bits per heavy atom. The lowest BCUT2D eigenvalue weighted by Crippen LogP contribution is -1.99. The van der Waals surface area contributed by atoms with Gasteiger partial charge in [-0.05, 0) is 25.5 Å². The molecule has 0 radical (unpaired) electrons. The number of pyridine rings is 1. The standard InChI is InChI=1S/C9H13NO/c1-3-11-8(2)9-5-4-6-10-7-9/h4-8H,3H2,1-2H3/t8-/m1/s1. The van der Waals surface area contributed by atoms with Crippen molar-refractivity contribution in [2.24, 2.45) is 0 Å². The molecular weight excluding hydrogens is 138 g/mol. The van der Waals surface area contributed by atoms with Gasteiger partial charge in [0.25, 0.3) is 0 Å². The number of hydrogen-bond acceptors (Lipinski definition) is 2. The molecule has 1 heterocycles. The van der Waals surface area contributed by atoms with E-state index in [1.807, 2.05) is 32.2 Å². The van der Waals surface area contributed by atoms with Gasteiger partial charge in [-0.15, -0.1) is 0 Å². The average molecular weight is 151 g/mol. The average Bonchev–Trinajstić information content (AvgIpc) is 2.07. The normalized spacial score (nSPS) is 12.9. The van der Waals surface area contributed by atoms with Crippen LogP contribution in [0.1, 0.15) is 25.5 Å². The summed E-state index contributed by atoms with van der Waals surface area (Å²) in [6.07, 6.45) is 3.76. The third kappa shape index (κ3) is 2.31. The van der Waals surface area contributed by atoms with Crippen LogP contribution in [0, 0.1) is 0 Å². The van der Waals surface area contributed by atoms with Gasteiger partial charge in [-0.1, -0.05) is 6.07 Å². The van der Waals surface area contributed by atoms with Crippen LogP contribution in [-0.4, -0.2) is 11.6 Å². The van der Waals surface area contributed by atoms with Crippen LogP contribution in [0.2, 0.25) is 0 Å². The molecule has 0 saturated heterocycles. The first-order chi connectivity index (χ1) is 5.34. The highest BCUT2D eigenvalue weighted by Crippen LogP contribution is 2.13. The third-order valence-electron chi connectivity index (χ3n) is 1.57. The van der Waals surface area contributed by atoms with E-state index < -0.39 is 0 Å². The molecule has 11 heavy (non-hydrogen) atoms. The second kappa shape index (κ2) is 4.09. The van der Waals surface area contributed by atoms with E-state index in [-0.39, 0.29) is 6.10 Å². The summed E-state index contributed by atoms with van der Waals surface area (Å²) in [6, 6.07) is 3.94. The van der Waals surface area contributed by atoms with Gasteiger partial charge in [0, 0.05) is 19.0 Å². The van der Waals surface area contributed by atoms with Crippen LogP contribution in [0.4, 0.5) is 0 Å². The maximum atomic E-state index is 5.39. The number of aromatic nitrogens is 1. The maximum Gasteiger partial charge on any atom is 0.0811 e. The van der Waals surface area contributed by atoms with Gasteiger partial charge >= 0.3 is 0 Å². The molecule has 60 valence electrons. The van der Waals surface area contributed by atoms with E-state index in [9.17, 15) is 0 Å². The maximum absolute atomic E-state index is 5.39. The van der Waals surface area contributed by atoms with Crippen LogP contribution in [-0.2, 0) is 4.74 Å². The topological polar surface area (TPSA) is 22.1 Å². The lowest BCUT2D eigenvalue weighted by molar-refractivity contribution is 0.0761. The summed E-state index contributed by atoms with van der Waals surface area (Å²) in [5.74, 6) is 0. The van der Waals surface area contributed by atoms with E-state index in [2.05, 4.69) is 4.98 Å². The first-order valence-electron chi connectivity index (χ1n) is 3.86. The molecule has 1 aromatic rings.